The van der Waals surface area contributed by atoms with E-state index in [1.165, 1.54) is 11.1 Å². The van der Waals surface area contributed by atoms with E-state index in [-0.39, 0.29) is 6.04 Å². The van der Waals surface area contributed by atoms with Crippen molar-refractivity contribution in [2.75, 3.05) is 19.5 Å². The second-order valence-electron chi connectivity index (χ2n) is 5.25. The molecule has 0 aliphatic rings. The molecule has 2 aromatic carbocycles. The maximum Gasteiger partial charge on any atom is 0.171 e. The lowest BCUT2D eigenvalue weighted by Crippen LogP contribution is -2.31. The topological polar surface area (TPSA) is 42.5 Å². The van der Waals surface area contributed by atoms with Gasteiger partial charge in [-0.3, -0.25) is 0 Å². The molecule has 0 aromatic heterocycles. The highest BCUT2D eigenvalue weighted by atomic mass is 32.1. The first-order chi connectivity index (χ1) is 11.0. The van der Waals surface area contributed by atoms with E-state index in [1.807, 2.05) is 30.3 Å². The van der Waals surface area contributed by atoms with Gasteiger partial charge in [-0.2, -0.15) is 0 Å². The van der Waals surface area contributed by atoms with Gasteiger partial charge in [-0.25, -0.2) is 0 Å². The summed E-state index contributed by atoms with van der Waals surface area (Å²) in [6.07, 6.45) is 0. The van der Waals surface area contributed by atoms with E-state index in [4.69, 9.17) is 21.7 Å². The zero-order valence-corrected chi connectivity index (χ0v) is 14.7. The van der Waals surface area contributed by atoms with Crippen molar-refractivity contribution in [3.63, 3.8) is 0 Å². The van der Waals surface area contributed by atoms with E-state index in [0.717, 1.165) is 5.69 Å². The van der Waals surface area contributed by atoms with Crippen molar-refractivity contribution in [2.24, 2.45) is 0 Å². The van der Waals surface area contributed by atoms with Crippen LogP contribution >= 0.6 is 12.2 Å². The predicted molar refractivity (Wildman–Crippen MR) is 98.5 cm³/mol. The van der Waals surface area contributed by atoms with Crippen LogP contribution < -0.4 is 20.1 Å². The molecule has 2 aromatic rings. The fourth-order valence-electron chi connectivity index (χ4n) is 2.43. The Morgan fingerprint density at radius 2 is 1.74 bits per heavy atom. The third-order valence-electron chi connectivity index (χ3n) is 3.64. The van der Waals surface area contributed by atoms with E-state index in [2.05, 4.69) is 36.6 Å². The Balaban J connectivity index is 2.03. The van der Waals surface area contributed by atoms with Crippen LogP contribution in [0.5, 0.6) is 11.5 Å². The lowest BCUT2D eigenvalue weighted by atomic mass is 10.0. The van der Waals surface area contributed by atoms with Gasteiger partial charge in [0.2, 0.25) is 0 Å². The van der Waals surface area contributed by atoms with Crippen LogP contribution in [-0.4, -0.2) is 19.3 Å². The minimum atomic E-state index is 0.122. The van der Waals surface area contributed by atoms with E-state index in [9.17, 15) is 0 Å². The number of hydrogen-bond acceptors (Lipinski definition) is 3. The molecule has 0 amide bonds. The highest BCUT2D eigenvalue weighted by Gasteiger charge is 2.10. The lowest BCUT2D eigenvalue weighted by molar-refractivity contribution is 0.355. The number of methoxy groups -OCH3 is 2. The molecule has 0 spiro atoms. The highest BCUT2D eigenvalue weighted by molar-refractivity contribution is 7.80. The first-order valence-corrected chi connectivity index (χ1v) is 7.81. The summed E-state index contributed by atoms with van der Waals surface area (Å²) in [6.45, 7) is 4.18. The second kappa shape index (κ2) is 7.83. The second-order valence-corrected chi connectivity index (χ2v) is 5.65. The average molecular weight is 330 g/mol. The van der Waals surface area contributed by atoms with E-state index >= 15 is 0 Å². The molecule has 5 heteroatoms. The van der Waals surface area contributed by atoms with Crippen molar-refractivity contribution in [1.29, 1.82) is 0 Å². The minimum Gasteiger partial charge on any atom is -0.493 e. The van der Waals surface area contributed by atoms with Crippen LogP contribution in [-0.2, 0) is 0 Å². The fraction of sp³-hybridized carbons (Fsp3) is 0.278. The Morgan fingerprint density at radius 1 is 1.04 bits per heavy atom. The van der Waals surface area contributed by atoms with Crippen molar-refractivity contribution in [1.82, 2.24) is 5.32 Å². The van der Waals surface area contributed by atoms with Crippen LogP contribution in [0.4, 0.5) is 5.69 Å². The number of aryl methyl sites for hydroxylation is 1. The van der Waals surface area contributed by atoms with Gasteiger partial charge >= 0.3 is 0 Å². The minimum absolute atomic E-state index is 0.122. The van der Waals surface area contributed by atoms with Gasteiger partial charge in [-0.05, 0) is 49.3 Å². The summed E-state index contributed by atoms with van der Waals surface area (Å²) in [5.41, 5.74) is 3.31. The van der Waals surface area contributed by atoms with Crippen molar-refractivity contribution in [3.8, 4) is 11.5 Å². The Morgan fingerprint density at radius 3 is 2.39 bits per heavy atom. The summed E-state index contributed by atoms with van der Waals surface area (Å²) in [5.74, 6) is 1.34. The molecule has 0 aliphatic carbocycles. The molecule has 0 unspecified atom stereocenters. The van der Waals surface area contributed by atoms with Crippen LogP contribution in [0.3, 0.4) is 0 Å². The molecule has 23 heavy (non-hydrogen) atoms. The zero-order chi connectivity index (χ0) is 16.8. The average Bonchev–Trinajstić information content (AvgIpc) is 2.54. The van der Waals surface area contributed by atoms with Crippen molar-refractivity contribution in [3.05, 3.63) is 53.6 Å². The van der Waals surface area contributed by atoms with Crippen LogP contribution in [0.15, 0.2) is 42.5 Å². The molecule has 0 radical (unpaired) electrons. The summed E-state index contributed by atoms with van der Waals surface area (Å²) < 4.78 is 10.5. The Bertz CT molecular complexity index is 688. The normalized spacial score (nSPS) is 11.5. The van der Waals surface area contributed by atoms with Gasteiger partial charge in [0.05, 0.1) is 20.3 Å². The highest BCUT2D eigenvalue weighted by Crippen LogP contribution is 2.29. The SMILES string of the molecule is COc1ccc(NC(=S)N[C@H](C)c2ccccc2C)cc1OC. The van der Waals surface area contributed by atoms with Gasteiger partial charge < -0.3 is 20.1 Å². The van der Waals surface area contributed by atoms with Crippen LogP contribution in [0.25, 0.3) is 0 Å². The summed E-state index contributed by atoms with van der Waals surface area (Å²) in [7, 11) is 3.22. The largest absolute Gasteiger partial charge is 0.493 e. The van der Waals surface area contributed by atoms with Crippen molar-refractivity contribution >= 4 is 23.0 Å². The molecule has 0 fully saturated rings. The van der Waals surface area contributed by atoms with Gasteiger partial charge in [-0.1, -0.05) is 24.3 Å². The molecule has 0 bridgehead atoms. The smallest absolute Gasteiger partial charge is 0.171 e. The quantitative estimate of drug-likeness (QED) is 0.809. The number of hydrogen-bond donors (Lipinski definition) is 2. The van der Waals surface area contributed by atoms with Crippen molar-refractivity contribution in [2.45, 2.75) is 19.9 Å². The number of rotatable bonds is 5. The number of anilines is 1. The maximum atomic E-state index is 5.40. The van der Waals surface area contributed by atoms with E-state index in [1.54, 1.807) is 14.2 Å². The lowest BCUT2D eigenvalue weighted by Gasteiger charge is -2.19. The molecule has 122 valence electrons. The van der Waals surface area contributed by atoms with Crippen LogP contribution in [0.1, 0.15) is 24.1 Å². The summed E-state index contributed by atoms with van der Waals surface area (Å²) in [5, 5.41) is 7.04. The van der Waals surface area contributed by atoms with Gasteiger partial charge in [0.1, 0.15) is 0 Å². The van der Waals surface area contributed by atoms with Gasteiger partial charge in [0.25, 0.3) is 0 Å². The van der Waals surface area contributed by atoms with Crippen molar-refractivity contribution < 1.29 is 9.47 Å². The molecule has 0 heterocycles. The van der Waals surface area contributed by atoms with Gasteiger partial charge in [-0.15, -0.1) is 0 Å². The Kier molecular flexibility index (Phi) is 5.82. The summed E-state index contributed by atoms with van der Waals surface area (Å²) in [4.78, 5) is 0. The molecule has 1 atom stereocenters. The van der Waals surface area contributed by atoms with Crippen LogP contribution in [0.2, 0.25) is 0 Å². The molecule has 0 saturated carbocycles. The molecule has 2 N–H and O–H groups in total. The summed E-state index contributed by atoms with van der Waals surface area (Å²) in [6, 6.07) is 14.0. The standard InChI is InChI=1S/C18H22N2O2S/c1-12-7-5-6-8-15(12)13(2)19-18(23)20-14-9-10-16(21-3)17(11-14)22-4/h5-11,13H,1-4H3,(H2,19,20,23)/t13-/m1/s1. The molecule has 0 aliphatic heterocycles. The third-order valence-corrected chi connectivity index (χ3v) is 3.86. The number of thiocarbonyl (C=S) groups is 1. The zero-order valence-electron chi connectivity index (χ0n) is 13.8. The molecule has 0 saturated heterocycles. The van der Waals surface area contributed by atoms with E-state index < -0.39 is 0 Å². The first kappa shape index (κ1) is 17.1. The number of benzene rings is 2. The van der Waals surface area contributed by atoms with Gasteiger partial charge in [0, 0.05) is 11.8 Å². The monoisotopic (exact) mass is 330 g/mol. The number of nitrogens with one attached hydrogen (secondary N) is 2. The first-order valence-electron chi connectivity index (χ1n) is 7.40. The van der Waals surface area contributed by atoms with Crippen LogP contribution in [0, 0.1) is 6.92 Å². The predicted octanol–water partition coefficient (Wildman–Crippen LogP) is 4.06. The fourth-order valence-corrected chi connectivity index (χ4v) is 2.72. The number of ether oxygens (including phenoxy) is 2. The molecule has 2 rings (SSSR count). The maximum absolute atomic E-state index is 5.40. The summed E-state index contributed by atoms with van der Waals surface area (Å²) >= 11 is 5.40. The molecular weight excluding hydrogens is 308 g/mol. The molecule has 4 nitrogen and oxygen atoms in total. The third kappa shape index (κ3) is 4.36. The Hall–Kier alpha value is -2.27. The van der Waals surface area contributed by atoms with E-state index in [0.29, 0.717) is 16.6 Å². The van der Waals surface area contributed by atoms with Gasteiger partial charge in [0.15, 0.2) is 16.6 Å². The Labute approximate surface area is 142 Å². The molecular formula is C18H22N2O2S.